The van der Waals surface area contributed by atoms with Crippen molar-refractivity contribution in [1.82, 2.24) is 5.32 Å². The zero-order valence-corrected chi connectivity index (χ0v) is 55.5. The van der Waals surface area contributed by atoms with Gasteiger partial charge in [-0.25, -0.2) is 0 Å². The summed E-state index contributed by atoms with van der Waals surface area (Å²) in [4.78, 5) is 24.6. The minimum absolute atomic E-state index is 0.00361. The van der Waals surface area contributed by atoms with Crippen LogP contribution in [0.3, 0.4) is 0 Å². The van der Waals surface area contributed by atoms with Crippen LogP contribution in [0.5, 0.6) is 0 Å². The van der Waals surface area contributed by atoms with E-state index in [2.05, 4.69) is 43.5 Å². The van der Waals surface area contributed by atoms with Crippen molar-refractivity contribution in [3.63, 3.8) is 0 Å². The van der Waals surface area contributed by atoms with Crippen LogP contribution >= 0.6 is 0 Å². The van der Waals surface area contributed by atoms with Crippen molar-refractivity contribution in [2.75, 3.05) is 13.2 Å². The molecule has 0 fully saturated rings. The summed E-state index contributed by atoms with van der Waals surface area (Å²) in [5.74, 6) is -0.0572. The van der Waals surface area contributed by atoms with Crippen molar-refractivity contribution in [2.45, 2.75) is 424 Å². The highest BCUT2D eigenvalue weighted by Crippen LogP contribution is 2.19. The number of esters is 1. The minimum Gasteiger partial charge on any atom is -0.466 e. The number of hydrogen-bond donors (Lipinski definition) is 3. The van der Waals surface area contributed by atoms with Crippen molar-refractivity contribution >= 4 is 11.9 Å². The summed E-state index contributed by atoms with van der Waals surface area (Å²) in [6.07, 6.45) is 92.4. The molecule has 0 radical (unpaired) electrons. The van der Waals surface area contributed by atoms with Crippen LogP contribution in [0.15, 0.2) is 36.5 Å². The first kappa shape index (κ1) is 80.1. The van der Waals surface area contributed by atoms with E-state index in [1.165, 1.54) is 334 Å². The summed E-state index contributed by atoms with van der Waals surface area (Å²) in [5.41, 5.74) is 0. The first-order valence-electron chi connectivity index (χ1n) is 37.3. The molecule has 6 heteroatoms. The van der Waals surface area contributed by atoms with Gasteiger partial charge in [-0.1, -0.05) is 378 Å². The molecule has 0 heterocycles. The van der Waals surface area contributed by atoms with E-state index in [4.69, 9.17) is 4.74 Å². The van der Waals surface area contributed by atoms with E-state index in [1.807, 2.05) is 6.08 Å². The molecule has 0 bridgehead atoms. The van der Waals surface area contributed by atoms with Crippen molar-refractivity contribution in [2.24, 2.45) is 0 Å². The summed E-state index contributed by atoms with van der Waals surface area (Å²) in [6.45, 7) is 4.90. The first-order chi connectivity index (χ1) is 40.5. The molecule has 0 aliphatic rings. The second kappa shape index (κ2) is 71.6. The van der Waals surface area contributed by atoms with Crippen LogP contribution in [0.2, 0.25) is 0 Å². The first-order valence-corrected chi connectivity index (χ1v) is 37.3. The monoisotopic (exact) mass is 1150 g/mol. The average molecular weight is 1150 g/mol. The van der Waals surface area contributed by atoms with Crippen LogP contribution in [-0.4, -0.2) is 47.4 Å². The minimum atomic E-state index is -0.844. The Balaban J connectivity index is 3.38. The molecule has 0 aliphatic carbocycles. The van der Waals surface area contributed by atoms with Gasteiger partial charge < -0.3 is 20.3 Å². The Morgan fingerprint density at radius 3 is 0.963 bits per heavy atom. The molecule has 0 saturated carbocycles. The Morgan fingerprint density at radius 2 is 0.622 bits per heavy atom. The van der Waals surface area contributed by atoms with Gasteiger partial charge in [-0.3, -0.25) is 9.59 Å². The molecule has 3 N–H and O–H groups in total. The van der Waals surface area contributed by atoms with Gasteiger partial charge in [0.2, 0.25) is 5.91 Å². The van der Waals surface area contributed by atoms with Crippen LogP contribution in [0.1, 0.15) is 412 Å². The number of nitrogens with one attached hydrogen (secondary N) is 1. The number of rotatable bonds is 70. The van der Waals surface area contributed by atoms with E-state index in [9.17, 15) is 19.8 Å². The van der Waals surface area contributed by atoms with Crippen molar-refractivity contribution in [1.29, 1.82) is 0 Å². The van der Waals surface area contributed by atoms with Gasteiger partial charge in [-0.05, 0) is 57.8 Å². The Hall–Kier alpha value is -1.92. The normalized spacial score (nSPS) is 12.7. The van der Waals surface area contributed by atoms with E-state index in [0.29, 0.717) is 19.4 Å². The third-order valence-corrected chi connectivity index (χ3v) is 17.4. The maximum atomic E-state index is 12.5. The van der Waals surface area contributed by atoms with Gasteiger partial charge in [-0.15, -0.1) is 0 Å². The van der Waals surface area contributed by atoms with Crippen molar-refractivity contribution < 1.29 is 24.5 Å². The van der Waals surface area contributed by atoms with Crippen LogP contribution in [0, 0.1) is 0 Å². The molecule has 2 atom stereocenters. The van der Waals surface area contributed by atoms with Gasteiger partial charge in [0.25, 0.3) is 0 Å². The molecule has 82 heavy (non-hydrogen) atoms. The van der Waals surface area contributed by atoms with E-state index in [0.717, 1.165) is 51.4 Å². The van der Waals surface area contributed by atoms with Gasteiger partial charge in [0.1, 0.15) is 0 Å². The second-order valence-electron chi connectivity index (χ2n) is 25.6. The van der Waals surface area contributed by atoms with Crippen LogP contribution < -0.4 is 5.32 Å². The van der Waals surface area contributed by atoms with E-state index >= 15 is 0 Å². The van der Waals surface area contributed by atoms with Gasteiger partial charge in [0.15, 0.2) is 0 Å². The maximum Gasteiger partial charge on any atom is 0.305 e. The highest BCUT2D eigenvalue weighted by molar-refractivity contribution is 5.76. The highest BCUT2D eigenvalue weighted by Gasteiger charge is 2.18. The lowest BCUT2D eigenvalue weighted by atomic mass is 10.0. The van der Waals surface area contributed by atoms with Crippen LogP contribution in [0.4, 0.5) is 0 Å². The number of aliphatic hydroxyl groups excluding tert-OH is 2. The molecular formula is C76H145NO5. The fraction of sp³-hybridized carbons (Fsp3) is 0.895. The summed E-state index contributed by atoms with van der Waals surface area (Å²) in [5, 5.41) is 23.3. The molecule has 6 nitrogen and oxygen atoms in total. The largest absolute Gasteiger partial charge is 0.466 e. The smallest absolute Gasteiger partial charge is 0.305 e. The topological polar surface area (TPSA) is 95.9 Å². The molecule has 2 unspecified atom stereocenters. The number of aliphatic hydroxyl groups is 2. The predicted octanol–water partition coefficient (Wildman–Crippen LogP) is 24.3. The lowest BCUT2D eigenvalue weighted by Crippen LogP contribution is -2.45. The van der Waals surface area contributed by atoms with Gasteiger partial charge >= 0.3 is 5.97 Å². The molecule has 0 spiro atoms. The Bertz CT molecular complexity index is 1330. The fourth-order valence-corrected chi connectivity index (χ4v) is 11.7. The van der Waals surface area contributed by atoms with Gasteiger partial charge in [0.05, 0.1) is 25.4 Å². The lowest BCUT2D eigenvalue weighted by molar-refractivity contribution is -0.143. The van der Waals surface area contributed by atoms with Crippen molar-refractivity contribution in [3.05, 3.63) is 36.5 Å². The quantitative estimate of drug-likeness (QED) is 0.0320. The predicted molar refractivity (Wildman–Crippen MR) is 361 cm³/mol. The lowest BCUT2D eigenvalue weighted by Gasteiger charge is -2.20. The zero-order chi connectivity index (χ0) is 59.2. The number of ether oxygens (including phenoxy) is 1. The molecule has 484 valence electrons. The van der Waals surface area contributed by atoms with Crippen LogP contribution in [0.25, 0.3) is 0 Å². The maximum absolute atomic E-state index is 12.5. The Kier molecular flexibility index (Phi) is 69.9. The molecule has 1 amide bonds. The third kappa shape index (κ3) is 67.2. The number of carbonyl (C=O) groups is 2. The summed E-state index contributed by atoms with van der Waals surface area (Å²) < 4.78 is 5.48. The molecule has 0 aromatic rings. The van der Waals surface area contributed by atoms with E-state index < -0.39 is 12.1 Å². The average Bonchev–Trinajstić information content (AvgIpc) is 3.48. The molecular weight excluding hydrogens is 1010 g/mol. The van der Waals surface area contributed by atoms with Gasteiger partial charge in [-0.2, -0.15) is 0 Å². The van der Waals surface area contributed by atoms with E-state index in [1.54, 1.807) is 6.08 Å². The molecule has 0 rings (SSSR count). The Labute approximate surface area is 513 Å². The van der Waals surface area contributed by atoms with E-state index in [-0.39, 0.29) is 18.5 Å². The molecule has 0 saturated heterocycles. The summed E-state index contributed by atoms with van der Waals surface area (Å²) in [7, 11) is 0. The molecule has 0 aromatic heterocycles. The zero-order valence-electron chi connectivity index (χ0n) is 55.5. The Morgan fingerprint density at radius 1 is 0.341 bits per heavy atom. The van der Waals surface area contributed by atoms with Gasteiger partial charge in [0, 0.05) is 12.8 Å². The summed E-state index contributed by atoms with van der Waals surface area (Å²) in [6, 6.07) is -0.628. The highest BCUT2D eigenvalue weighted by atomic mass is 16.5. The number of unbranched alkanes of at least 4 members (excludes halogenated alkanes) is 55. The number of hydrogen-bond acceptors (Lipinski definition) is 5. The number of allylic oxidation sites excluding steroid dienone is 5. The standard InChI is InChI=1S/C76H145NO5/c1-3-5-7-9-11-13-15-17-19-20-21-22-23-29-32-35-38-41-44-48-52-56-60-64-68-74(79)73(72-78)77-75(80)69-65-61-57-53-49-45-42-39-36-33-30-27-25-24-26-28-31-34-37-40-43-47-51-55-59-63-67-71-82-76(81)70-66-62-58-54-50-46-18-16-14-12-10-8-6-4-2/h10,12,16,18,64,68,73-74,78-79H,3-9,11,13-15,17,19-63,65-67,69-72H2,1-2H3,(H,77,80)/b12-10-,18-16-,68-64+. The SMILES string of the molecule is CCCC/C=C\C/C=C\CCCCCCCC(=O)OCCCCCCCCCCCCCCCCCCCCCCCCCCCCCC(=O)NC(CO)C(O)/C=C/CCCCCCCCCCCCCCCCCCCCCCCC. The number of amides is 1. The molecule has 0 aliphatic heterocycles. The van der Waals surface area contributed by atoms with Crippen molar-refractivity contribution in [3.8, 4) is 0 Å². The third-order valence-electron chi connectivity index (χ3n) is 17.4. The summed E-state index contributed by atoms with van der Waals surface area (Å²) >= 11 is 0. The number of carbonyl (C=O) groups excluding carboxylic acids is 2. The fourth-order valence-electron chi connectivity index (χ4n) is 11.7. The molecule has 0 aromatic carbocycles. The second-order valence-corrected chi connectivity index (χ2v) is 25.6. The van der Waals surface area contributed by atoms with Crippen LogP contribution in [-0.2, 0) is 14.3 Å².